The van der Waals surface area contributed by atoms with Crippen molar-refractivity contribution in [2.24, 2.45) is 0 Å². The number of hydrogen-bond acceptors (Lipinski definition) is 6. The SMILES string of the molecule is CS(=O)(=O)CCCNS(=O)(=O)c1ccc(C#N)nc1. The summed E-state index contributed by atoms with van der Waals surface area (Å²) in [6.07, 6.45) is 2.37. The van der Waals surface area contributed by atoms with Gasteiger partial charge in [-0.25, -0.2) is 26.5 Å². The van der Waals surface area contributed by atoms with Crippen LogP contribution in [0.15, 0.2) is 23.2 Å². The summed E-state index contributed by atoms with van der Waals surface area (Å²) >= 11 is 0. The predicted octanol–water partition coefficient (Wildman–Crippen LogP) is -0.334. The number of sulfonamides is 1. The highest BCUT2D eigenvalue weighted by Crippen LogP contribution is 2.07. The van der Waals surface area contributed by atoms with E-state index >= 15 is 0 Å². The quantitative estimate of drug-likeness (QED) is 0.719. The molecule has 0 amide bonds. The third-order valence-electron chi connectivity index (χ3n) is 2.15. The van der Waals surface area contributed by atoms with Crippen LogP contribution in [0.2, 0.25) is 0 Å². The van der Waals surface area contributed by atoms with E-state index in [2.05, 4.69) is 9.71 Å². The molecule has 0 aromatic carbocycles. The molecule has 0 aliphatic heterocycles. The average molecular weight is 303 g/mol. The van der Waals surface area contributed by atoms with Crippen LogP contribution in [0.25, 0.3) is 0 Å². The van der Waals surface area contributed by atoms with Gasteiger partial charge < -0.3 is 0 Å². The van der Waals surface area contributed by atoms with E-state index in [-0.39, 0.29) is 29.3 Å². The standard InChI is InChI=1S/C10H13N3O4S2/c1-18(14,15)6-2-5-13-19(16,17)10-4-3-9(7-11)12-8-10/h3-4,8,13H,2,5-6H2,1H3. The maximum Gasteiger partial charge on any atom is 0.242 e. The smallest absolute Gasteiger partial charge is 0.242 e. The highest BCUT2D eigenvalue weighted by atomic mass is 32.2. The molecule has 0 bridgehead atoms. The molecule has 7 nitrogen and oxygen atoms in total. The van der Waals surface area contributed by atoms with Crippen molar-refractivity contribution >= 4 is 19.9 Å². The summed E-state index contributed by atoms with van der Waals surface area (Å²) in [7, 11) is -6.82. The van der Waals surface area contributed by atoms with Gasteiger partial charge >= 0.3 is 0 Å². The highest BCUT2D eigenvalue weighted by Gasteiger charge is 2.14. The summed E-state index contributed by atoms with van der Waals surface area (Å²) in [5, 5.41) is 8.55. The maximum atomic E-state index is 11.8. The van der Waals surface area contributed by atoms with E-state index in [1.54, 1.807) is 6.07 Å². The number of hydrogen-bond donors (Lipinski definition) is 1. The molecule has 1 rings (SSSR count). The third kappa shape index (κ3) is 5.34. The molecule has 19 heavy (non-hydrogen) atoms. The highest BCUT2D eigenvalue weighted by molar-refractivity contribution is 7.90. The second-order valence-corrected chi connectivity index (χ2v) is 7.90. The van der Waals surface area contributed by atoms with Gasteiger partial charge in [0.2, 0.25) is 10.0 Å². The van der Waals surface area contributed by atoms with Crippen LogP contribution in [-0.4, -0.2) is 40.4 Å². The number of nitrogens with one attached hydrogen (secondary N) is 1. The Labute approximate surface area is 112 Å². The zero-order chi connectivity index (χ0) is 14.5. The Balaban J connectivity index is 2.63. The fraction of sp³-hybridized carbons (Fsp3) is 0.400. The van der Waals surface area contributed by atoms with Crippen LogP contribution >= 0.6 is 0 Å². The lowest BCUT2D eigenvalue weighted by Gasteiger charge is -2.05. The lowest BCUT2D eigenvalue weighted by molar-refractivity contribution is 0.577. The Morgan fingerprint density at radius 3 is 2.47 bits per heavy atom. The molecule has 1 N–H and O–H groups in total. The molecular formula is C10H13N3O4S2. The van der Waals surface area contributed by atoms with Crippen LogP contribution in [0.1, 0.15) is 12.1 Å². The Morgan fingerprint density at radius 1 is 1.32 bits per heavy atom. The first kappa shape index (κ1) is 15.6. The number of rotatable bonds is 6. The first-order valence-electron chi connectivity index (χ1n) is 5.28. The summed E-state index contributed by atoms with van der Waals surface area (Å²) in [6, 6.07) is 4.35. The van der Waals surface area contributed by atoms with E-state index in [4.69, 9.17) is 5.26 Å². The van der Waals surface area contributed by atoms with Crippen molar-refractivity contribution in [1.29, 1.82) is 5.26 Å². The minimum atomic E-state index is -3.72. The molecule has 0 atom stereocenters. The van der Waals surface area contributed by atoms with Crippen LogP contribution in [0, 0.1) is 11.3 Å². The van der Waals surface area contributed by atoms with Crippen LogP contribution in [0.5, 0.6) is 0 Å². The first-order valence-corrected chi connectivity index (χ1v) is 8.82. The molecule has 0 fully saturated rings. The molecule has 0 spiro atoms. The van der Waals surface area contributed by atoms with Crippen LogP contribution in [0.3, 0.4) is 0 Å². The fourth-order valence-corrected chi connectivity index (χ4v) is 2.92. The number of nitrogens with zero attached hydrogens (tertiary/aromatic N) is 2. The van der Waals surface area contributed by atoms with Crippen LogP contribution in [-0.2, 0) is 19.9 Å². The van der Waals surface area contributed by atoms with Crippen molar-refractivity contribution in [3.63, 3.8) is 0 Å². The Bertz CT molecular complexity index is 672. The lowest BCUT2D eigenvalue weighted by atomic mass is 10.4. The summed E-state index contributed by atoms with van der Waals surface area (Å²) in [5.74, 6) is -0.0822. The molecule has 0 aliphatic carbocycles. The number of nitriles is 1. The molecule has 9 heteroatoms. The zero-order valence-electron chi connectivity index (χ0n) is 10.2. The van der Waals surface area contributed by atoms with Gasteiger partial charge in [0.25, 0.3) is 0 Å². The van der Waals surface area contributed by atoms with Crippen molar-refractivity contribution in [2.75, 3.05) is 18.6 Å². The van der Waals surface area contributed by atoms with Crippen molar-refractivity contribution in [1.82, 2.24) is 9.71 Å². The van der Waals surface area contributed by atoms with Gasteiger partial charge in [-0.2, -0.15) is 5.26 Å². The van der Waals surface area contributed by atoms with E-state index in [0.717, 1.165) is 12.5 Å². The summed E-state index contributed by atoms with van der Waals surface area (Å²) in [6.45, 7) is 0.0232. The summed E-state index contributed by atoms with van der Waals surface area (Å²) in [5.41, 5.74) is 0.121. The van der Waals surface area contributed by atoms with Crippen molar-refractivity contribution < 1.29 is 16.8 Å². The van der Waals surface area contributed by atoms with Gasteiger partial charge in [0, 0.05) is 19.0 Å². The van der Waals surface area contributed by atoms with Crippen molar-refractivity contribution in [2.45, 2.75) is 11.3 Å². The van der Waals surface area contributed by atoms with Gasteiger partial charge in [-0.05, 0) is 18.6 Å². The molecule has 0 radical (unpaired) electrons. The molecule has 0 saturated carbocycles. The Hall–Kier alpha value is -1.50. The number of pyridine rings is 1. The number of sulfone groups is 1. The first-order chi connectivity index (χ1) is 8.74. The average Bonchev–Trinajstić information content (AvgIpc) is 2.34. The summed E-state index contributed by atoms with van der Waals surface area (Å²) in [4.78, 5) is 3.59. The number of aromatic nitrogens is 1. The van der Waals surface area contributed by atoms with E-state index in [1.165, 1.54) is 12.1 Å². The summed E-state index contributed by atoms with van der Waals surface area (Å²) < 4.78 is 47.6. The largest absolute Gasteiger partial charge is 0.244 e. The van der Waals surface area contributed by atoms with Crippen LogP contribution in [0.4, 0.5) is 0 Å². The molecule has 1 aromatic rings. The molecule has 104 valence electrons. The van der Waals surface area contributed by atoms with E-state index < -0.39 is 19.9 Å². The van der Waals surface area contributed by atoms with Gasteiger partial charge in [0.05, 0.1) is 5.75 Å². The van der Waals surface area contributed by atoms with Crippen molar-refractivity contribution in [3.05, 3.63) is 24.0 Å². The minimum absolute atomic E-state index is 0.0232. The lowest BCUT2D eigenvalue weighted by Crippen LogP contribution is -2.26. The fourth-order valence-electron chi connectivity index (χ4n) is 1.23. The topological polar surface area (TPSA) is 117 Å². The van der Waals surface area contributed by atoms with Gasteiger partial charge in [-0.1, -0.05) is 0 Å². The predicted molar refractivity (Wildman–Crippen MR) is 68.5 cm³/mol. The van der Waals surface area contributed by atoms with Gasteiger partial charge in [-0.15, -0.1) is 0 Å². The van der Waals surface area contributed by atoms with E-state index in [0.29, 0.717) is 0 Å². The molecule has 1 heterocycles. The van der Waals surface area contributed by atoms with E-state index in [9.17, 15) is 16.8 Å². The minimum Gasteiger partial charge on any atom is -0.244 e. The molecule has 0 aliphatic rings. The Kier molecular flexibility index (Phi) is 4.99. The van der Waals surface area contributed by atoms with Gasteiger partial charge in [0.15, 0.2) is 0 Å². The molecule has 0 unspecified atom stereocenters. The monoisotopic (exact) mass is 303 g/mol. The van der Waals surface area contributed by atoms with Crippen LogP contribution < -0.4 is 4.72 Å². The second kappa shape index (κ2) is 6.10. The normalized spacial score (nSPS) is 12.0. The Morgan fingerprint density at radius 2 is 2.00 bits per heavy atom. The van der Waals surface area contributed by atoms with E-state index in [1.807, 2.05) is 0 Å². The molecule has 1 aromatic heterocycles. The third-order valence-corrected chi connectivity index (χ3v) is 4.62. The molecular weight excluding hydrogens is 290 g/mol. The zero-order valence-corrected chi connectivity index (χ0v) is 11.8. The van der Waals surface area contributed by atoms with Gasteiger partial charge in [0.1, 0.15) is 26.5 Å². The van der Waals surface area contributed by atoms with Gasteiger partial charge in [-0.3, -0.25) is 0 Å². The molecule has 0 saturated heterocycles. The maximum absolute atomic E-state index is 11.8. The van der Waals surface area contributed by atoms with Crippen molar-refractivity contribution in [3.8, 4) is 6.07 Å². The second-order valence-electron chi connectivity index (χ2n) is 3.87.